The fraction of sp³-hybridized carbons (Fsp3) is 0.273. The second kappa shape index (κ2) is 8.36. The van der Waals surface area contributed by atoms with E-state index in [9.17, 15) is 9.59 Å². The molecule has 3 rings (SSSR count). The van der Waals surface area contributed by atoms with Gasteiger partial charge in [-0.25, -0.2) is 4.98 Å². The fourth-order valence-corrected chi connectivity index (χ4v) is 2.86. The van der Waals surface area contributed by atoms with Crippen LogP contribution in [0.5, 0.6) is 0 Å². The first-order valence-electron chi connectivity index (χ1n) is 9.56. The first kappa shape index (κ1) is 21.0. The quantitative estimate of drug-likeness (QED) is 0.329. The van der Waals surface area contributed by atoms with Crippen LogP contribution in [0.4, 0.5) is 0 Å². The van der Waals surface area contributed by atoms with Crippen LogP contribution in [0, 0.1) is 5.41 Å². The standard InChI is InChI=1S/C22H25N5O3/c1-22(2,3)30-19(28)10-11-25-21(29)16-8-9-18-26-17(13-27(18)12-16)14-4-6-15(7-5-14)20(23)24/h4-9,12-13H,10-11H2,1-3H3,(H3,23,24)(H,25,29). The summed E-state index contributed by atoms with van der Waals surface area (Å²) in [5.41, 5.74) is 8.37. The number of nitrogens with zero attached hydrogens (tertiary/aromatic N) is 2. The molecule has 0 fully saturated rings. The molecule has 3 aromatic rings. The smallest absolute Gasteiger partial charge is 0.308 e. The molecule has 0 saturated carbocycles. The molecule has 0 saturated heterocycles. The number of imidazole rings is 1. The summed E-state index contributed by atoms with van der Waals surface area (Å²) in [6, 6.07) is 10.7. The minimum absolute atomic E-state index is 0.0128. The molecule has 0 spiro atoms. The summed E-state index contributed by atoms with van der Waals surface area (Å²) >= 11 is 0. The fourth-order valence-electron chi connectivity index (χ4n) is 2.86. The number of pyridine rings is 1. The second-order valence-corrected chi connectivity index (χ2v) is 7.89. The third kappa shape index (κ3) is 5.22. The Morgan fingerprint density at radius 1 is 1.10 bits per heavy atom. The number of nitrogens with two attached hydrogens (primary N) is 1. The van der Waals surface area contributed by atoms with Gasteiger partial charge in [0.25, 0.3) is 5.91 Å². The molecule has 0 radical (unpaired) electrons. The van der Waals surface area contributed by atoms with Crippen molar-refractivity contribution in [3.8, 4) is 11.3 Å². The number of benzene rings is 1. The van der Waals surface area contributed by atoms with Gasteiger partial charge in [0.05, 0.1) is 17.7 Å². The van der Waals surface area contributed by atoms with Crippen LogP contribution < -0.4 is 11.1 Å². The van der Waals surface area contributed by atoms with Crippen LogP contribution in [0.2, 0.25) is 0 Å². The van der Waals surface area contributed by atoms with Gasteiger partial charge in [-0.3, -0.25) is 15.0 Å². The second-order valence-electron chi connectivity index (χ2n) is 7.89. The average molecular weight is 407 g/mol. The number of carbonyl (C=O) groups excluding carboxylic acids is 2. The monoisotopic (exact) mass is 407 g/mol. The highest BCUT2D eigenvalue weighted by Gasteiger charge is 2.16. The number of amidine groups is 1. The normalized spacial score (nSPS) is 11.3. The minimum atomic E-state index is -0.544. The van der Waals surface area contributed by atoms with Gasteiger partial charge < -0.3 is 20.2 Å². The van der Waals surface area contributed by atoms with Gasteiger partial charge in [0.1, 0.15) is 17.1 Å². The highest BCUT2D eigenvalue weighted by molar-refractivity contribution is 5.95. The lowest BCUT2D eigenvalue weighted by Gasteiger charge is -2.19. The lowest BCUT2D eigenvalue weighted by atomic mass is 10.1. The van der Waals surface area contributed by atoms with E-state index in [4.69, 9.17) is 15.9 Å². The Morgan fingerprint density at radius 3 is 2.40 bits per heavy atom. The van der Waals surface area contributed by atoms with E-state index in [1.807, 2.05) is 18.3 Å². The van der Waals surface area contributed by atoms with Crippen LogP contribution in [0.25, 0.3) is 16.9 Å². The molecule has 2 heterocycles. The average Bonchev–Trinajstić information content (AvgIpc) is 3.09. The van der Waals surface area contributed by atoms with Gasteiger partial charge in [0.15, 0.2) is 0 Å². The predicted octanol–water partition coefficient (Wildman–Crippen LogP) is 2.75. The number of carbonyl (C=O) groups is 2. The molecule has 4 N–H and O–H groups in total. The van der Waals surface area contributed by atoms with Gasteiger partial charge in [-0.05, 0) is 32.9 Å². The maximum Gasteiger partial charge on any atom is 0.308 e. The van der Waals surface area contributed by atoms with Crippen molar-refractivity contribution in [3.05, 3.63) is 59.9 Å². The summed E-state index contributed by atoms with van der Waals surface area (Å²) in [5.74, 6) is -0.617. The number of rotatable bonds is 6. The number of nitrogen functional groups attached to an aromatic ring is 1. The number of nitrogens with one attached hydrogen (secondary N) is 2. The van der Waals surface area contributed by atoms with Crippen molar-refractivity contribution in [3.63, 3.8) is 0 Å². The van der Waals surface area contributed by atoms with Gasteiger partial charge in [-0.15, -0.1) is 0 Å². The molecule has 0 atom stereocenters. The molecule has 0 bridgehead atoms. The summed E-state index contributed by atoms with van der Waals surface area (Å²) in [6.07, 6.45) is 3.63. The number of hydrogen-bond donors (Lipinski definition) is 3. The van der Waals surface area contributed by atoms with Gasteiger partial charge in [-0.2, -0.15) is 0 Å². The molecule has 30 heavy (non-hydrogen) atoms. The van der Waals surface area contributed by atoms with Gasteiger partial charge >= 0.3 is 5.97 Å². The van der Waals surface area contributed by atoms with E-state index in [0.29, 0.717) is 16.8 Å². The molecular formula is C22H25N5O3. The van der Waals surface area contributed by atoms with Gasteiger partial charge in [0.2, 0.25) is 0 Å². The molecule has 8 nitrogen and oxygen atoms in total. The molecular weight excluding hydrogens is 382 g/mol. The molecule has 0 aliphatic heterocycles. The molecule has 1 aromatic carbocycles. The lowest BCUT2D eigenvalue weighted by Crippen LogP contribution is -2.29. The molecule has 8 heteroatoms. The topological polar surface area (TPSA) is 123 Å². The summed E-state index contributed by atoms with van der Waals surface area (Å²) in [6.45, 7) is 5.60. The number of fused-ring (bicyclic) bond motifs is 1. The van der Waals surface area contributed by atoms with Crippen LogP contribution in [0.3, 0.4) is 0 Å². The van der Waals surface area contributed by atoms with E-state index < -0.39 is 5.60 Å². The number of hydrogen-bond acceptors (Lipinski definition) is 5. The van der Waals surface area contributed by atoms with Crippen molar-refractivity contribution in [2.45, 2.75) is 32.8 Å². The lowest BCUT2D eigenvalue weighted by molar-refractivity contribution is -0.154. The first-order chi connectivity index (χ1) is 14.1. The zero-order valence-electron chi connectivity index (χ0n) is 17.2. The van der Waals surface area contributed by atoms with E-state index >= 15 is 0 Å². The largest absolute Gasteiger partial charge is 0.460 e. The van der Waals surface area contributed by atoms with Crippen molar-refractivity contribution in [1.29, 1.82) is 5.41 Å². The summed E-state index contributed by atoms with van der Waals surface area (Å²) in [5, 5.41) is 10.2. The Morgan fingerprint density at radius 2 is 1.77 bits per heavy atom. The molecule has 156 valence electrons. The number of esters is 1. The maximum atomic E-state index is 12.4. The third-order valence-corrected chi connectivity index (χ3v) is 4.24. The summed E-state index contributed by atoms with van der Waals surface area (Å²) in [4.78, 5) is 28.7. The van der Waals surface area contributed by atoms with Crippen molar-refractivity contribution in [2.75, 3.05) is 6.54 Å². The Hall–Kier alpha value is -3.68. The Balaban J connectivity index is 1.67. The van der Waals surface area contributed by atoms with E-state index in [-0.39, 0.29) is 30.7 Å². The highest BCUT2D eigenvalue weighted by Crippen LogP contribution is 2.20. The number of ether oxygens (including phenoxy) is 1. The van der Waals surface area contributed by atoms with Crippen LogP contribution in [0.1, 0.15) is 43.1 Å². The molecule has 1 amide bonds. The zero-order valence-corrected chi connectivity index (χ0v) is 17.2. The third-order valence-electron chi connectivity index (χ3n) is 4.24. The first-order valence-corrected chi connectivity index (χ1v) is 9.56. The van der Waals surface area contributed by atoms with Crippen molar-refractivity contribution >= 4 is 23.4 Å². The Labute approximate surface area is 174 Å². The SMILES string of the molecule is CC(C)(C)OC(=O)CCNC(=O)c1ccc2nc(-c3ccc(C(=N)N)cc3)cn2c1. The van der Waals surface area contributed by atoms with Crippen molar-refractivity contribution in [1.82, 2.24) is 14.7 Å². The molecule has 0 unspecified atom stereocenters. The number of aromatic nitrogens is 2. The van der Waals surface area contributed by atoms with Gasteiger partial charge in [-0.1, -0.05) is 24.3 Å². The molecule has 0 aliphatic rings. The van der Waals surface area contributed by atoms with Crippen molar-refractivity contribution < 1.29 is 14.3 Å². The van der Waals surface area contributed by atoms with E-state index in [2.05, 4.69) is 10.3 Å². The number of amides is 1. The van der Waals surface area contributed by atoms with Gasteiger partial charge in [0, 0.05) is 30.1 Å². The zero-order chi connectivity index (χ0) is 21.9. The molecule has 0 aliphatic carbocycles. The van der Waals surface area contributed by atoms with Crippen molar-refractivity contribution in [2.24, 2.45) is 5.73 Å². The van der Waals surface area contributed by atoms with E-state index in [1.54, 1.807) is 55.6 Å². The van der Waals surface area contributed by atoms with Crippen LogP contribution in [-0.2, 0) is 9.53 Å². The van der Waals surface area contributed by atoms with Crippen LogP contribution in [0.15, 0.2) is 48.8 Å². The minimum Gasteiger partial charge on any atom is -0.460 e. The van der Waals surface area contributed by atoms with E-state index in [0.717, 1.165) is 11.3 Å². The molecule has 2 aromatic heterocycles. The summed E-state index contributed by atoms with van der Waals surface area (Å²) in [7, 11) is 0. The van der Waals surface area contributed by atoms with Crippen LogP contribution in [-0.4, -0.2) is 39.2 Å². The maximum absolute atomic E-state index is 12.4. The Bertz CT molecular complexity index is 1090. The highest BCUT2D eigenvalue weighted by atomic mass is 16.6. The Kier molecular flexibility index (Phi) is 5.86. The van der Waals surface area contributed by atoms with E-state index in [1.165, 1.54) is 0 Å². The predicted molar refractivity (Wildman–Crippen MR) is 114 cm³/mol. The van der Waals surface area contributed by atoms with Crippen LogP contribution >= 0.6 is 0 Å². The summed E-state index contributed by atoms with van der Waals surface area (Å²) < 4.78 is 7.00.